The van der Waals surface area contributed by atoms with E-state index in [1.54, 1.807) is 0 Å². The Morgan fingerprint density at radius 3 is 1.83 bits per heavy atom. The minimum Gasteiger partial charge on any atom is -0.481 e. The Morgan fingerprint density at radius 1 is 0.897 bits per heavy atom. The number of nitrogens with one attached hydrogen (secondary N) is 3. The van der Waals surface area contributed by atoms with Gasteiger partial charge in [-0.25, -0.2) is 4.79 Å². The van der Waals surface area contributed by atoms with Gasteiger partial charge in [-0.05, 0) is 13.3 Å². The number of hydrogen-bond acceptors (Lipinski definition) is 9. The SMILES string of the molecule is CC(O)C(NC(=O)C(CS)NC(=O)C(N)CCC(=O)O)C(=O)NC(CS)C(=O)O. The molecule has 0 aromatic carbocycles. The van der Waals surface area contributed by atoms with E-state index in [2.05, 4.69) is 41.2 Å². The lowest BCUT2D eigenvalue weighted by molar-refractivity contribution is -0.142. The highest BCUT2D eigenvalue weighted by molar-refractivity contribution is 7.80. The first-order chi connectivity index (χ1) is 13.4. The van der Waals surface area contributed by atoms with Crippen LogP contribution in [0.3, 0.4) is 0 Å². The molecule has 14 heteroatoms. The highest BCUT2D eigenvalue weighted by Gasteiger charge is 2.32. The van der Waals surface area contributed by atoms with Gasteiger partial charge in [0.15, 0.2) is 0 Å². The first kappa shape index (κ1) is 27.0. The molecule has 0 aliphatic carbocycles. The molecule has 0 aromatic heterocycles. The summed E-state index contributed by atoms with van der Waals surface area (Å²) in [7, 11) is 0. The molecule has 0 saturated carbocycles. The maximum Gasteiger partial charge on any atom is 0.327 e. The summed E-state index contributed by atoms with van der Waals surface area (Å²) in [5.74, 6) is -5.52. The van der Waals surface area contributed by atoms with E-state index in [1.807, 2.05) is 0 Å². The van der Waals surface area contributed by atoms with Crippen LogP contribution < -0.4 is 21.7 Å². The second-order valence-electron chi connectivity index (χ2n) is 6.09. The summed E-state index contributed by atoms with van der Waals surface area (Å²) in [5.41, 5.74) is 5.57. The van der Waals surface area contributed by atoms with Gasteiger partial charge in [0.05, 0.1) is 12.1 Å². The zero-order valence-electron chi connectivity index (χ0n) is 15.6. The number of aliphatic carboxylic acids is 2. The van der Waals surface area contributed by atoms with Crippen LogP contribution >= 0.6 is 25.3 Å². The van der Waals surface area contributed by atoms with Crippen molar-refractivity contribution in [1.82, 2.24) is 16.0 Å². The number of thiol groups is 2. The molecule has 0 aromatic rings. The van der Waals surface area contributed by atoms with E-state index >= 15 is 0 Å². The van der Waals surface area contributed by atoms with Gasteiger partial charge in [-0.3, -0.25) is 19.2 Å². The molecule has 3 amide bonds. The fraction of sp³-hybridized carbons (Fsp3) is 0.667. The van der Waals surface area contributed by atoms with Gasteiger partial charge < -0.3 is 37.0 Å². The van der Waals surface area contributed by atoms with Crippen LogP contribution in [0.5, 0.6) is 0 Å². The number of carbonyl (C=O) groups excluding carboxylic acids is 3. The third-order valence-electron chi connectivity index (χ3n) is 3.68. The molecule has 0 bridgehead atoms. The van der Waals surface area contributed by atoms with E-state index in [0.717, 1.165) is 0 Å². The van der Waals surface area contributed by atoms with E-state index in [9.17, 15) is 29.1 Å². The topological polar surface area (TPSA) is 208 Å². The van der Waals surface area contributed by atoms with Crippen molar-refractivity contribution in [3.8, 4) is 0 Å². The third kappa shape index (κ3) is 9.83. The molecule has 0 saturated heterocycles. The van der Waals surface area contributed by atoms with Gasteiger partial charge in [-0.2, -0.15) is 25.3 Å². The maximum absolute atomic E-state index is 12.4. The fourth-order valence-corrected chi connectivity index (χ4v) is 2.49. The molecule has 0 aliphatic heterocycles. The van der Waals surface area contributed by atoms with Crippen molar-refractivity contribution in [2.75, 3.05) is 11.5 Å². The number of carbonyl (C=O) groups is 5. The Kier molecular flexibility index (Phi) is 12.3. The zero-order chi connectivity index (χ0) is 22.7. The van der Waals surface area contributed by atoms with Gasteiger partial charge in [-0.15, -0.1) is 0 Å². The minimum atomic E-state index is -1.51. The Labute approximate surface area is 177 Å². The molecule has 166 valence electrons. The van der Waals surface area contributed by atoms with E-state index in [1.165, 1.54) is 6.92 Å². The van der Waals surface area contributed by atoms with Crippen molar-refractivity contribution in [3.63, 3.8) is 0 Å². The number of aliphatic hydroxyl groups is 1. The summed E-state index contributed by atoms with van der Waals surface area (Å²) >= 11 is 7.75. The van der Waals surface area contributed by atoms with Gasteiger partial charge in [0.2, 0.25) is 17.7 Å². The Hall–Kier alpha value is -2.03. The van der Waals surface area contributed by atoms with Crippen LogP contribution in [0.2, 0.25) is 0 Å². The average molecular weight is 455 g/mol. The van der Waals surface area contributed by atoms with E-state index in [0.29, 0.717) is 0 Å². The van der Waals surface area contributed by atoms with Crippen LogP contribution in [0.4, 0.5) is 0 Å². The monoisotopic (exact) mass is 454 g/mol. The van der Waals surface area contributed by atoms with Crippen molar-refractivity contribution in [3.05, 3.63) is 0 Å². The molecule has 29 heavy (non-hydrogen) atoms. The van der Waals surface area contributed by atoms with Crippen LogP contribution in [0.25, 0.3) is 0 Å². The summed E-state index contributed by atoms with van der Waals surface area (Å²) in [6.45, 7) is 1.21. The lowest BCUT2D eigenvalue weighted by Gasteiger charge is -2.25. The molecule has 5 unspecified atom stereocenters. The maximum atomic E-state index is 12.4. The Bertz CT molecular complexity index is 619. The molecule has 8 N–H and O–H groups in total. The molecule has 12 nitrogen and oxygen atoms in total. The minimum absolute atomic E-state index is 0.152. The first-order valence-corrected chi connectivity index (χ1v) is 9.72. The van der Waals surface area contributed by atoms with Crippen molar-refractivity contribution >= 4 is 54.9 Å². The Balaban J connectivity index is 5.04. The molecule has 0 spiro atoms. The number of hydrogen-bond donors (Lipinski definition) is 9. The molecule has 0 heterocycles. The van der Waals surface area contributed by atoms with Gasteiger partial charge >= 0.3 is 11.9 Å². The molecular weight excluding hydrogens is 428 g/mol. The standard InChI is InChI=1S/C15H26N4O8S2/c1-6(20)11(14(25)18-9(5-29)15(26)27)19-13(24)8(4-28)17-12(23)7(16)2-3-10(21)22/h6-9,11,20,28-29H,2-5,16H2,1H3,(H,17,23)(H,18,25)(H,19,24)(H,21,22)(H,26,27). The first-order valence-electron chi connectivity index (χ1n) is 8.45. The van der Waals surface area contributed by atoms with E-state index in [-0.39, 0.29) is 24.3 Å². The van der Waals surface area contributed by atoms with Crippen LogP contribution in [0, 0.1) is 0 Å². The number of nitrogens with two attached hydrogens (primary N) is 1. The highest BCUT2D eigenvalue weighted by Crippen LogP contribution is 2.01. The third-order valence-corrected chi connectivity index (χ3v) is 4.41. The van der Waals surface area contributed by atoms with E-state index in [4.69, 9.17) is 15.9 Å². The summed E-state index contributed by atoms with van der Waals surface area (Å²) < 4.78 is 0. The van der Waals surface area contributed by atoms with Gasteiger partial charge in [0.1, 0.15) is 18.1 Å². The van der Waals surface area contributed by atoms with Gasteiger partial charge in [-0.1, -0.05) is 0 Å². The molecule has 0 radical (unpaired) electrons. The number of carboxylic acid groups (broad SMARTS) is 2. The van der Waals surface area contributed by atoms with Gasteiger partial charge in [0, 0.05) is 17.9 Å². The summed E-state index contributed by atoms with van der Waals surface area (Å²) in [6.07, 6.45) is -1.88. The predicted molar refractivity (Wildman–Crippen MR) is 108 cm³/mol. The molecular formula is C15H26N4O8S2. The van der Waals surface area contributed by atoms with Crippen LogP contribution in [-0.4, -0.2) is 86.8 Å². The van der Waals surface area contributed by atoms with Crippen molar-refractivity contribution in [1.29, 1.82) is 0 Å². The van der Waals surface area contributed by atoms with Crippen molar-refractivity contribution < 1.29 is 39.3 Å². The number of amides is 3. The van der Waals surface area contributed by atoms with E-state index < -0.39 is 59.9 Å². The average Bonchev–Trinajstić information content (AvgIpc) is 2.64. The molecule has 0 rings (SSSR count). The second kappa shape index (κ2) is 13.2. The highest BCUT2D eigenvalue weighted by atomic mass is 32.1. The van der Waals surface area contributed by atoms with Crippen LogP contribution in [0.1, 0.15) is 19.8 Å². The number of aliphatic hydroxyl groups excluding tert-OH is 1. The summed E-state index contributed by atoms with van der Waals surface area (Å²) in [4.78, 5) is 58.1. The smallest absolute Gasteiger partial charge is 0.327 e. The largest absolute Gasteiger partial charge is 0.481 e. The fourth-order valence-electron chi connectivity index (χ4n) is 1.99. The quantitative estimate of drug-likeness (QED) is 0.129. The molecule has 0 fully saturated rings. The predicted octanol–water partition coefficient (Wildman–Crippen LogP) is -3.04. The lowest BCUT2D eigenvalue weighted by Crippen LogP contribution is -2.60. The summed E-state index contributed by atoms with van der Waals surface area (Å²) in [5, 5.41) is 34.0. The number of carboxylic acids is 2. The lowest BCUT2D eigenvalue weighted by atomic mass is 10.1. The van der Waals surface area contributed by atoms with Crippen LogP contribution in [0.15, 0.2) is 0 Å². The molecule has 0 aliphatic rings. The number of rotatable bonds is 13. The second-order valence-corrected chi connectivity index (χ2v) is 6.82. The molecule has 5 atom stereocenters. The normalized spacial score (nSPS) is 15.9. The van der Waals surface area contributed by atoms with Gasteiger partial charge in [0.25, 0.3) is 0 Å². The van der Waals surface area contributed by atoms with Crippen molar-refractivity contribution in [2.45, 2.75) is 50.0 Å². The van der Waals surface area contributed by atoms with Crippen LogP contribution in [-0.2, 0) is 24.0 Å². The Morgan fingerprint density at radius 2 is 1.41 bits per heavy atom. The zero-order valence-corrected chi connectivity index (χ0v) is 17.4. The summed E-state index contributed by atoms with van der Waals surface area (Å²) in [6, 6.07) is -5.26. The van der Waals surface area contributed by atoms with Crippen molar-refractivity contribution in [2.24, 2.45) is 5.73 Å².